The minimum atomic E-state index is -0.376. The van der Waals surface area contributed by atoms with Crippen molar-refractivity contribution in [2.45, 2.75) is 27.2 Å². The van der Waals surface area contributed by atoms with E-state index in [-0.39, 0.29) is 10.6 Å². The molecule has 0 rings (SSSR count). The minimum Gasteiger partial charge on any atom is -0.258 e. The van der Waals surface area contributed by atoms with Crippen LogP contribution >= 0.6 is 12.6 Å². The minimum absolute atomic E-state index is 0.157. The van der Waals surface area contributed by atoms with Gasteiger partial charge in [-0.05, 0) is 25.2 Å². The van der Waals surface area contributed by atoms with Crippen molar-refractivity contribution in [3.63, 3.8) is 0 Å². The lowest BCUT2D eigenvalue weighted by Crippen LogP contribution is -1.99. The Labute approximate surface area is 77.7 Å². The van der Waals surface area contributed by atoms with Gasteiger partial charge < -0.3 is 0 Å². The monoisotopic (exact) mass is 187 g/mol. The molecule has 0 aliphatic carbocycles. The summed E-state index contributed by atoms with van der Waals surface area (Å²) in [6, 6.07) is 0. The van der Waals surface area contributed by atoms with E-state index < -0.39 is 0 Å². The van der Waals surface area contributed by atoms with Gasteiger partial charge in [0.25, 0.3) is 5.70 Å². The average molecular weight is 187 g/mol. The first kappa shape index (κ1) is 11.2. The molecule has 0 heterocycles. The Morgan fingerprint density at radius 2 is 2.08 bits per heavy atom. The molecule has 0 fully saturated rings. The maximum atomic E-state index is 10.5. The van der Waals surface area contributed by atoms with Crippen LogP contribution in [-0.4, -0.2) is 4.92 Å². The molecule has 0 aliphatic heterocycles. The smallest absolute Gasteiger partial charge is 0.258 e. The number of hydrogen-bond acceptors (Lipinski definition) is 3. The summed E-state index contributed by atoms with van der Waals surface area (Å²) in [5, 5.41) is 10.5. The van der Waals surface area contributed by atoms with Crippen LogP contribution in [-0.2, 0) is 0 Å². The number of hydrogen-bond donors (Lipinski definition) is 1. The van der Waals surface area contributed by atoms with Crippen LogP contribution in [0.25, 0.3) is 0 Å². The van der Waals surface area contributed by atoms with Crippen LogP contribution in [0.5, 0.6) is 0 Å². The van der Waals surface area contributed by atoms with E-state index in [2.05, 4.69) is 12.6 Å². The van der Waals surface area contributed by atoms with Gasteiger partial charge in [0.15, 0.2) is 0 Å². The molecule has 0 spiro atoms. The third-order valence-electron chi connectivity index (χ3n) is 1.51. The highest BCUT2D eigenvalue weighted by Gasteiger charge is 2.10. The van der Waals surface area contributed by atoms with Crippen LogP contribution in [0.4, 0.5) is 0 Å². The van der Waals surface area contributed by atoms with E-state index in [1.165, 1.54) is 6.08 Å². The Morgan fingerprint density at radius 1 is 1.58 bits per heavy atom. The van der Waals surface area contributed by atoms with Crippen LogP contribution in [0.15, 0.2) is 22.3 Å². The summed E-state index contributed by atoms with van der Waals surface area (Å²) in [4.78, 5) is 10.8. The van der Waals surface area contributed by atoms with Gasteiger partial charge >= 0.3 is 0 Å². The molecule has 4 heteroatoms. The van der Waals surface area contributed by atoms with Crippen molar-refractivity contribution >= 4 is 12.6 Å². The summed E-state index contributed by atoms with van der Waals surface area (Å²) < 4.78 is 0. The summed E-state index contributed by atoms with van der Waals surface area (Å²) in [6.45, 7) is 5.36. The van der Waals surface area contributed by atoms with Crippen molar-refractivity contribution in [1.82, 2.24) is 0 Å². The fraction of sp³-hybridized carbons (Fsp3) is 0.500. The number of allylic oxidation sites excluding steroid dienone is 3. The summed E-state index contributed by atoms with van der Waals surface area (Å²) in [7, 11) is 0. The Balaban J connectivity index is 4.93. The van der Waals surface area contributed by atoms with Gasteiger partial charge in [-0.3, -0.25) is 10.1 Å². The van der Waals surface area contributed by atoms with Crippen molar-refractivity contribution in [1.29, 1.82) is 0 Å². The zero-order chi connectivity index (χ0) is 9.72. The summed E-state index contributed by atoms with van der Waals surface area (Å²) >= 11 is 3.99. The molecule has 0 aliphatic rings. The third kappa shape index (κ3) is 3.57. The van der Waals surface area contributed by atoms with E-state index in [1.807, 2.05) is 6.92 Å². The second-order valence-electron chi connectivity index (χ2n) is 2.56. The van der Waals surface area contributed by atoms with Crippen LogP contribution < -0.4 is 0 Å². The maximum Gasteiger partial charge on any atom is 0.269 e. The highest BCUT2D eigenvalue weighted by Crippen LogP contribution is 2.13. The van der Waals surface area contributed by atoms with Crippen LogP contribution in [0, 0.1) is 10.1 Å². The fourth-order valence-corrected chi connectivity index (χ4v) is 0.833. The molecule has 0 amide bonds. The predicted molar refractivity (Wildman–Crippen MR) is 52.7 cm³/mol. The van der Waals surface area contributed by atoms with Crippen molar-refractivity contribution in [2.24, 2.45) is 0 Å². The maximum absolute atomic E-state index is 10.5. The summed E-state index contributed by atoms with van der Waals surface area (Å²) in [5.41, 5.74) is 0.929. The second kappa shape index (κ2) is 4.98. The largest absolute Gasteiger partial charge is 0.269 e. The van der Waals surface area contributed by atoms with Crippen molar-refractivity contribution < 1.29 is 4.92 Å². The lowest BCUT2D eigenvalue weighted by molar-refractivity contribution is -0.420. The molecule has 0 saturated heterocycles. The van der Waals surface area contributed by atoms with E-state index >= 15 is 0 Å². The molecular formula is C8H13NO2S. The molecule has 0 atom stereocenters. The van der Waals surface area contributed by atoms with Gasteiger partial charge in [-0.25, -0.2) is 0 Å². The van der Waals surface area contributed by atoms with E-state index in [0.29, 0.717) is 11.3 Å². The van der Waals surface area contributed by atoms with Crippen LogP contribution in [0.2, 0.25) is 0 Å². The van der Waals surface area contributed by atoms with Crippen LogP contribution in [0.3, 0.4) is 0 Å². The number of nitro groups is 1. The first-order chi connectivity index (χ1) is 5.49. The van der Waals surface area contributed by atoms with Crippen molar-refractivity contribution in [2.75, 3.05) is 0 Å². The lowest BCUT2D eigenvalue weighted by Gasteiger charge is -1.97. The third-order valence-corrected chi connectivity index (χ3v) is 1.64. The lowest BCUT2D eigenvalue weighted by atomic mass is 10.2. The van der Waals surface area contributed by atoms with Gasteiger partial charge in [0.05, 0.1) is 4.92 Å². The zero-order valence-corrected chi connectivity index (χ0v) is 8.39. The Bertz CT molecular complexity index is 239. The predicted octanol–water partition coefficient (Wildman–Crippen LogP) is 2.78. The van der Waals surface area contributed by atoms with Gasteiger partial charge in [-0.1, -0.05) is 6.92 Å². The number of rotatable bonds is 3. The fourth-order valence-electron chi connectivity index (χ4n) is 0.711. The molecule has 3 nitrogen and oxygen atoms in total. The SMILES string of the molecule is CC/C(C)=C(\C=C(/C)S)[N+](=O)[O-]. The van der Waals surface area contributed by atoms with E-state index in [4.69, 9.17) is 0 Å². The molecule has 0 radical (unpaired) electrons. The standard InChI is InChI=1S/C8H13NO2S/c1-4-6(2)8(9(10)11)5-7(3)12/h5,12H,4H2,1-3H3/b7-5+,8-6+. The highest BCUT2D eigenvalue weighted by molar-refractivity contribution is 7.84. The quantitative estimate of drug-likeness (QED) is 0.319. The molecule has 0 aromatic carbocycles. The molecular weight excluding hydrogens is 174 g/mol. The molecule has 0 saturated carbocycles. The first-order valence-corrected chi connectivity index (χ1v) is 4.15. The average Bonchev–Trinajstić information content (AvgIpc) is 1.98. The molecule has 0 unspecified atom stereocenters. The van der Waals surface area contributed by atoms with Crippen molar-refractivity contribution in [3.8, 4) is 0 Å². The molecule has 68 valence electrons. The van der Waals surface area contributed by atoms with Gasteiger partial charge in [0, 0.05) is 11.6 Å². The zero-order valence-electron chi connectivity index (χ0n) is 7.50. The van der Waals surface area contributed by atoms with E-state index in [1.54, 1.807) is 13.8 Å². The Hall–Kier alpha value is -0.770. The van der Waals surface area contributed by atoms with Gasteiger partial charge in [0.2, 0.25) is 0 Å². The van der Waals surface area contributed by atoms with Gasteiger partial charge in [0.1, 0.15) is 0 Å². The molecule has 12 heavy (non-hydrogen) atoms. The van der Waals surface area contributed by atoms with Gasteiger partial charge in [-0.15, -0.1) is 12.6 Å². The highest BCUT2D eigenvalue weighted by atomic mass is 32.1. The molecule has 0 aromatic heterocycles. The Morgan fingerprint density at radius 3 is 2.33 bits per heavy atom. The topological polar surface area (TPSA) is 43.1 Å². The summed E-state index contributed by atoms with van der Waals surface area (Å²) in [5.74, 6) is 0. The van der Waals surface area contributed by atoms with E-state index in [0.717, 1.165) is 5.57 Å². The van der Waals surface area contributed by atoms with Gasteiger partial charge in [-0.2, -0.15) is 0 Å². The number of nitrogens with zero attached hydrogens (tertiary/aromatic N) is 1. The number of thiol groups is 1. The first-order valence-electron chi connectivity index (χ1n) is 3.70. The van der Waals surface area contributed by atoms with E-state index in [9.17, 15) is 10.1 Å². The van der Waals surface area contributed by atoms with Crippen LogP contribution in [0.1, 0.15) is 27.2 Å². The molecule has 0 N–H and O–H groups in total. The molecule has 0 bridgehead atoms. The normalized spacial score (nSPS) is 14.2. The summed E-state index contributed by atoms with van der Waals surface area (Å²) in [6.07, 6.45) is 2.16. The second-order valence-corrected chi connectivity index (χ2v) is 3.27. The molecule has 0 aromatic rings. The van der Waals surface area contributed by atoms with Crippen molar-refractivity contribution in [3.05, 3.63) is 32.4 Å². The Kier molecular flexibility index (Phi) is 4.66.